The first-order valence-electron chi connectivity index (χ1n) is 9.45. The van der Waals surface area contributed by atoms with Crippen LogP contribution in [-0.2, 0) is 16.8 Å². The van der Waals surface area contributed by atoms with Crippen LogP contribution < -0.4 is 5.32 Å². The van der Waals surface area contributed by atoms with E-state index in [0.717, 1.165) is 5.69 Å². The maximum Gasteiger partial charge on any atom is 0.237 e. The van der Waals surface area contributed by atoms with Crippen LogP contribution in [0.4, 0.5) is 5.69 Å². The van der Waals surface area contributed by atoms with Crippen molar-refractivity contribution in [1.82, 2.24) is 14.8 Å². The first kappa shape index (κ1) is 20.9. The minimum absolute atomic E-state index is 0.0760. The third-order valence-corrected chi connectivity index (χ3v) is 5.52. The number of hydrogen-bond donors (Lipinski definition) is 1. The maximum absolute atomic E-state index is 12.7. The second kappa shape index (κ2) is 8.69. The number of amides is 1. The monoisotopic (exact) mass is 410 g/mol. The van der Waals surface area contributed by atoms with Crippen LogP contribution in [0.25, 0.3) is 11.6 Å². The van der Waals surface area contributed by atoms with E-state index >= 15 is 0 Å². The van der Waals surface area contributed by atoms with Gasteiger partial charge in [-0.3, -0.25) is 9.36 Å². The first-order chi connectivity index (χ1) is 13.8. The van der Waals surface area contributed by atoms with Crippen molar-refractivity contribution in [3.8, 4) is 11.6 Å². The fourth-order valence-electron chi connectivity index (χ4n) is 2.77. The van der Waals surface area contributed by atoms with Gasteiger partial charge in [-0.15, -0.1) is 16.8 Å². The third kappa shape index (κ3) is 4.98. The Hall–Kier alpha value is -2.80. The molecule has 0 bridgehead atoms. The average molecular weight is 411 g/mol. The molecule has 7 heteroatoms. The highest BCUT2D eigenvalue weighted by Gasteiger charge is 2.21. The minimum atomic E-state index is -0.352. The van der Waals surface area contributed by atoms with Gasteiger partial charge in [0.15, 0.2) is 10.9 Å². The van der Waals surface area contributed by atoms with Gasteiger partial charge in [0.25, 0.3) is 0 Å². The maximum atomic E-state index is 12.7. The fourth-order valence-corrected chi connectivity index (χ4v) is 3.63. The molecule has 1 amide bonds. The number of benzene rings is 1. The van der Waals surface area contributed by atoms with Gasteiger partial charge < -0.3 is 9.73 Å². The lowest BCUT2D eigenvalue weighted by molar-refractivity contribution is -0.115. The van der Waals surface area contributed by atoms with E-state index in [1.807, 2.05) is 41.8 Å². The van der Waals surface area contributed by atoms with Gasteiger partial charge in [0.2, 0.25) is 11.7 Å². The highest BCUT2D eigenvalue weighted by Crippen LogP contribution is 2.28. The Balaban J connectivity index is 1.70. The summed E-state index contributed by atoms with van der Waals surface area (Å²) in [5.41, 5.74) is 2.08. The van der Waals surface area contributed by atoms with E-state index in [9.17, 15) is 4.79 Å². The second-order valence-corrected chi connectivity index (χ2v) is 9.07. The zero-order valence-electron chi connectivity index (χ0n) is 17.2. The number of allylic oxidation sites excluding steroid dienone is 1. The number of carbonyl (C=O) groups is 1. The first-order valence-corrected chi connectivity index (χ1v) is 10.3. The van der Waals surface area contributed by atoms with Gasteiger partial charge in [-0.2, -0.15) is 0 Å². The summed E-state index contributed by atoms with van der Waals surface area (Å²) in [6.07, 6.45) is 3.36. The van der Waals surface area contributed by atoms with Gasteiger partial charge in [0.1, 0.15) is 0 Å². The van der Waals surface area contributed by atoms with Gasteiger partial charge in [-0.25, -0.2) is 0 Å². The van der Waals surface area contributed by atoms with E-state index in [1.165, 1.54) is 17.3 Å². The molecule has 1 unspecified atom stereocenters. The molecule has 29 heavy (non-hydrogen) atoms. The normalized spacial score (nSPS) is 12.6. The quantitative estimate of drug-likeness (QED) is 0.431. The van der Waals surface area contributed by atoms with Crippen molar-refractivity contribution in [2.75, 3.05) is 5.32 Å². The number of hydrogen-bond acceptors (Lipinski definition) is 5. The lowest BCUT2D eigenvalue weighted by Gasteiger charge is -2.19. The molecule has 2 aromatic heterocycles. The molecule has 0 saturated carbocycles. The Morgan fingerprint density at radius 2 is 2.00 bits per heavy atom. The molecular weight excluding hydrogens is 384 g/mol. The number of nitrogens with zero attached hydrogens (tertiary/aromatic N) is 3. The third-order valence-electron chi connectivity index (χ3n) is 4.44. The number of anilines is 1. The number of rotatable bonds is 7. The van der Waals surface area contributed by atoms with Crippen molar-refractivity contribution in [3.63, 3.8) is 0 Å². The van der Waals surface area contributed by atoms with Crippen molar-refractivity contribution in [2.24, 2.45) is 0 Å². The Bertz CT molecular complexity index is 969. The fraction of sp³-hybridized carbons (Fsp3) is 0.318. The van der Waals surface area contributed by atoms with Crippen molar-refractivity contribution in [2.45, 2.75) is 50.1 Å². The highest BCUT2D eigenvalue weighted by molar-refractivity contribution is 8.00. The molecule has 0 radical (unpaired) electrons. The van der Waals surface area contributed by atoms with Crippen LogP contribution in [0.5, 0.6) is 0 Å². The van der Waals surface area contributed by atoms with E-state index in [2.05, 4.69) is 42.9 Å². The SMILES string of the molecule is C=CCn1c(SC(C)C(=O)Nc2ccc(C(C)(C)C)cc2)nnc1-c1ccco1. The molecule has 0 spiro atoms. The summed E-state index contributed by atoms with van der Waals surface area (Å²) < 4.78 is 7.33. The van der Waals surface area contributed by atoms with Crippen molar-refractivity contribution in [3.05, 3.63) is 60.9 Å². The predicted octanol–water partition coefficient (Wildman–Crippen LogP) is 5.14. The molecule has 3 aromatic rings. The zero-order chi connectivity index (χ0) is 21.0. The molecule has 6 nitrogen and oxygen atoms in total. The lowest BCUT2D eigenvalue weighted by Crippen LogP contribution is -2.23. The molecule has 0 fully saturated rings. The highest BCUT2D eigenvalue weighted by atomic mass is 32.2. The molecule has 2 heterocycles. The molecule has 3 rings (SSSR count). The van der Waals surface area contributed by atoms with Crippen LogP contribution in [0.2, 0.25) is 0 Å². The average Bonchev–Trinajstić information content (AvgIpc) is 3.32. The topological polar surface area (TPSA) is 73.0 Å². The number of furan rings is 1. The predicted molar refractivity (Wildman–Crippen MR) is 117 cm³/mol. The second-order valence-electron chi connectivity index (χ2n) is 7.76. The summed E-state index contributed by atoms with van der Waals surface area (Å²) in [4.78, 5) is 12.7. The van der Waals surface area contributed by atoms with Crippen molar-refractivity contribution >= 4 is 23.4 Å². The Morgan fingerprint density at radius 1 is 1.28 bits per heavy atom. The van der Waals surface area contributed by atoms with E-state index in [1.54, 1.807) is 18.4 Å². The van der Waals surface area contributed by atoms with Crippen LogP contribution in [0, 0.1) is 0 Å². The summed E-state index contributed by atoms with van der Waals surface area (Å²) in [5.74, 6) is 1.15. The standard InChI is InChI=1S/C22H26N4O2S/c1-6-13-26-19(18-8-7-14-28-18)24-25-21(26)29-15(2)20(27)23-17-11-9-16(10-12-17)22(3,4)5/h6-12,14-15H,1,13H2,2-5H3,(H,23,27). The van der Waals surface area contributed by atoms with Crippen LogP contribution >= 0.6 is 11.8 Å². The molecule has 1 aromatic carbocycles. The molecule has 0 saturated heterocycles. The Kier molecular flexibility index (Phi) is 6.27. The molecule has 1 N–H and O–H groups in total. The number of nitrogens with one attached hydrogen (secondary N) is 1. The summed E-state index contributed by atoms with van der Waals surface area (Å²) >= 11 is 1.35. The molecule has 0 aliphatic heterocycles. The molecular formula is C22H26N4O2S. The Labute approximate surface area is 175 Å². The summed E-state index contributed by atoms with van der Waals surface area (Å²) in [6.45, 7) is 12.7. The number of thioether (sulfide) groups is 1. The van der Waals surface area contributed by atoms with Crippen molar-refractivity contribution in [1.29, 1.82) is 0 Å². The van der Waals surface area contributed by atoms with Gasteiger partial charge >= 0.3 is 0 Å². The van der Waals surface area contributed by atoms with E-state index in [0.29, 0.717) is 23.3 Å². The van der Waals surface area contributed by atoms with Crippen LogP contribution in [0.3, 0.4) is 0 Å². The van der Waals surface area contributed by atoms with Crippen LogP contribution in [0.1, 0.15) is 33.3 Å². The van der Waals surface area contributed by atoms with E-state index in [-0.39, 0.29) is 16.6 Å². The van der Waals surface area contributed by atoms with Crippen LogP contribution in [-0.4, -0.2) is 25.9 Å². The Morgan fingerprint density at radius 3 is 2.59 bits per heavy atom. The smallest absolute Gasteiger partial charge is 0.237 e. The van der Waals surface area contributed by atoms with E-state index < -0.39 is 0 Å². The number of aromatic nitrogens is 3. The molecule has 0 aliphatic rings. The van der Waals surface area contributed by atoms with Crippen molar-refractivity contribution < 1.29 is 9.21 Å². The van der Waals surface area contributed by atoms with Gasteiger partial charge in [-0.05, 0) is 42.2 Å². The van der Waals surface area contributed by atoms with Gasteiger partial charge in [0, 0.05) is 12.2 Å². The van der Waals surface area contributed by atoms with Crippen LogP contribution in [0.15, 0.2) is 64.9 Å². The molecule has 152 valence electrons. The molecule has 0 aliphatic carbocycles. The van der Waals surface area contributed by atoms with Gasteiger partial charge in [0.05, 0.1) is 11.5 Å². The molecule has 1 atom stereocenters. The summed E-state index contributed by atoms with van der Waals surface area (Å²) in [7, 11) is 0. The summed E-state index contributed by atoms with van der Waals surface area (Å²) in [6, 6.07) is 11.6. The number of carbonyl (C=O) groups excluding carboxylic acids is 1. The van der Waals surface area contributed by atoms with Gasteiger partial charge in [-0.1, -0.05) is 50.7 Å². The van der Waals surface area contributed by atoms with E-state index in [4.69, 9.17) is 4.42 Å². The lowest BCUT2D eigenvalue weighted by atomic mass is 9.87. The minimum Gasteiger partial charge on any atom is -0.461 e. The zero-order valence-corrected chi connectivity index (χ0v) is 18.0. The largest absolute Gasteiger partial charge is 0.461 e. The summed E-state index contributed by atoms with van der Waals surface area (Å²) in [5, 5.41) is 11.7.